The van der Waals surface area contributed by atoms with Crippen LogP contribution in [-0.4, -0.2) is 24.8 Å². The van der Waals surface area contributed by atoms with Crippen molar-refractivity contribution in [1.82, 2.24) is 0 Å². The number of benzene rings is 2. The Kier molecular flexibility index (Phi) is 4.52. The SMILES string of the molecule is Cc1cccc(C)c1OCCN1C(=O)C(=O)c2cc(Cl)cc(Cl)c21. The highest BCUT2D eigenvalue weighted by Crippen LogP contribution is 2.38. The van der Waals surface area contributed by atoms with Crippen LogP contribution < -0.4 is 9.64 Å². The number of amides is 1. The molecule has 3 rings (SSSR count). The molecule has 0 aromatic heterocycles. The molecule has 0 bridgehead atoms. The van der Waals surface area contributed by atoms with Crippen LogP contribution in [0.5, 0.6) is 5.75 Å². The van der Waals surface area contributed by atoms with E-state index in [1.54, 1.807) is 0 Å². The van der Waals surface area contributed by atoms with E-state index in [0.29, 0.717) is 10.7 Å². The van der Waals surface area contributed by atoms with Gasteiger partial charge in [-0.3, -0.25) is 14.5 Å². The van der Waals surface area contributed by atoms with Crippen molar-refractivity contribution in [3.8, 4) is 5.75 Å². The summed E-state index contributed by atoms with van der Waals surface area (Å²) >= 11 is 12.1. The monoisotopic (exact) mass is 363 g/mol. The molecule has 124 valence electrons. The summed E-state index contributed by atoms with van der Waals surface area (Å²) < 4.78 is 5.82. The number of hydrogen-bond acceptors (Lipinski definition) is 3. The second-order valence-corrected chi connectivity index (χ2v) is 6.48. The fraction of sp³-hybridized carbons (Fsp3) is 0.222. The first-order valence-corrected chi connectivity index (χ1v) is 8.20. The van der Waals surface area contributed by atoms with Gasteiger partial charge in [0.2, 0.25) is 0 Å². The number of rotatable bonds is 4. The van der Waals surface area contributed by atoms with Crippen LogP contribution in [0.3, 0.4) is 0 Å². The van der Waals surface area contributed by atoms with Crippen molar-refractivity contribution in [2.45, 2.75) is 13.8 Å². The summed E-state index contributed by atoms with van der Waals surface area (Å²) in [5.41, 5.74) is 2.68. The molecule has 1 amide bonds. The number of nitrogens with zero attached hydrogens (tertiary/aromatic N) is 1. The Balaban J connectivity index is 1.80. The predicted octanol–water partition coefficient (Wildman–Crippen LogP) is 4.22. The molecule has 0 fully saturated rings. The van der Waals surface area contributed by atoms with Crippen LogP contribution in [0, 0.1) is 13.8 Å². The standard InChI is InChI=1S/C18H15Cl2NO3/c1-10-4-3-5-11(2)17(10)24-7-6-21-15-13(16(22)18(21)23)8-12(19)9-14(15)20/h3-5,8-9H,6-7H2,1-2H3. The zero-order valence-electron chi connectivity index (χ0n) is 13.2. The van der Waals surface area contributed by atoms with E-state index in [-0.39, 0.29) is 23.7 Å². The summed E-state index contributed by atoms with van der Waals surface area (Å²) in [4.78, 5) is 25.7. The smallest absolute Gasteiger partial charge is 0.299 e. The minimum Gasteiger partial charge on any atom is -0.491 e. The van der Waals surface area contributed by atoms with Crippen LogP contribution in [-0.2, 0) is 4.79 Å². The topological polar surface area (TPSA) is 46.6 Å². The van der Waals surface area contributed by atoms with Crippen LogP contribution in [0.4, 0.5) is 5.69 Å². The number of ether oxygens (including phenoxy) is 1. The van der Waals surface area contributed by atoms with Crippen LogP contribution in [0.15, 0.2) is 30.3 Å². The van der Waals surface area contributed by atoms with E-state index in [4.69, 9.17) is 27.9 Å². The van der Waals surface area contributed by atoms with Crippen molar-refractivity contribution in [1.29, 1.82) is 0 Å². The minimum absolute atomic E-state index is 0.229. The molecule has 1 aliphatic rings. The lowest BCUT2D eigenvalue weighted by Crippen LogP contribution is -2.33. The van der Waals surface area contributed by atoms with E-state index in [1.807, 2.05) is 32.0 Å². The molecule has 1 aliphatic heterocycles. The van der Waals surface area contributed by atoms with Gasteiger partial charge in [0.05, 0.1) is 22.8 Å². The second-order valence-electron chi connectivity index (χ2n) is 5.64. The summed E-state index contributed by atoms with van der Waals surface area (Å²) in [5, 5.41) is 0.609. The van der Waals surface area contributed by atoms with E-state index in [9.17, 15) is 9.59 Å². The molecule has 2 aromatic carbocycles. The number of aryl methyl sites for hydroxylation is 2. The Hall–Kier alpha value is -2.04. The number of para-hydroxylation sites is 1. The highest BCUT2D eigenvalue weighted by molar-refractivity contribution is 6.54. The van der Waals surface area contributed by atoms with Crippen molar-refractivity contribution in [3.05, 3.63) is 57.1 Å². The number of hydrogen-bond donors (Lipinski definition) is 0. The Morgan fingerprint density at radius 3 is 2.42 bits per heavy atom. The molecule has 0 aliphatic carbocycles. The maximum Gasteiger partial charge on any atom is 0.299 e. The predicted molar refractivity (Wildman–Crippen MR) is 94.6 cm³/mol. The quantitative estimate of drug-likeness (QED) is 0.764. The van der Waals surface area contributed by atoms with E-state index in [2.05, 4.69) is 0 Å². The lowest BCUT2D eigenvalue weighted by atomic mass is 10.1. The summed E-state index contributed by atoms with van der Waals surface area (Å²) in [7, 11) is 0. The molecular formula is C18H15Cl2NO3. The van der Waals surface area contributed by atoms with E-state index < -0.39 is 11.7 Å². The number of carbonyl (C=O) groups excluding carboxylic acids is 2. The van der Waals surface area contributed by atoms with Crippen molar-refractivity contribution < 1.29 is 14.3 Å². The van der Waals surface area contributed by atoms with Gasteiger partial charge < -0.3 is 4.74 Å². The third-order valence-corrected chi connectivity index (χ3v) is 4.46. The number of halogens is 2. The van der Waals surface area contributed by atoms with Crippen LogP contribution in [0.2, 0.25) is 10.0 Å². The molecule has 4 nitrogen and oxygen atoms in total. The summed E-state index contributed by atoms with van der Waals surface area (Å²) in [6.07, 6.45) is 0. The van der Waals surface area contributed by atoms with Gasteiger partial charge in [-0.05, 0) is 37.1 Å². The van der Waals surface area contributed by atoms with Gasteiger partial charge >= 0.3 is 0 Å². The first-order chi connectivity index (χ1) is 11.4. The lowest BCUT2D eigenvalue weighted by Gasteiger charge is -2.19. The molecule has 0 N–H and O–H groups in total. The maximum atomic E-state index is 12.2. The van der Waals surface area contributed by atoms with Gasteiger partial charge in [-0.25, -0.2) is 0 Å². The summed E-state index contributed by atoms with van der Waals surface area (Å²) in [6, 6.07) is 8.87. The maximum absolute atomic E-state index is 12.2. The first-order valence-electron chi connectivity index (χ1n) is 7.44. The van der Waals surface area contributed by atoms with Gasteiger partial charge in [0.1, 0.15) is 12.4 Å². The highest BCUT2D eigenvalue weighted by Gasteiger charge is 2.37. The van der Waals surface area contributed by atoms with Crippen LogP contribution in [0.25, 0.3) is 0 Å². The van der Waals surface area contributed by atoms with Crippen molar-refractivity contribution in [3.63, 3.8) is 0 Å². The van der Waals surface area contributed by atoms with Crippen LogP contribution >= 0.6 is 23.2 Å². The minimum atomic E-state index is -0.612. The lowest BCUT2D eigenvalue weighted by molar-refractivity contribution is -0.114. The van der Waals surface area contributed by atoms with Crippen molar-refractivity contribution in [2.75, 3.05) is 18.1 Å². The van der Waals surface area contributed by atoms with Gasteiger partial charge in [0, 0.05) is 5.02 Å². The average molecular weight is 364 g/mol. The van der Waals surface area contributed by atoms with Crippen molar-refractivity contribution >= 4 is 40.6 Å². The number of Topliss-reactive ketones (excluding diaryl/α,β-unsaturated/α-hetero) is 1. The largest absolute Gasteiger partial charge is 0.491 e. The van der Waals surface area contributed by atoms with Gasteiger partial charge in [-0.15, -0.1) is 0 Å². The normalized spacial score (nSPS) is 13.4. The van der Waals surface area contributed by atoms with E-state index in [0.717, 1.165) is 16.9 Å². The number of anilines is 1. The van der Waals surface area contributed by atoms with E-state index >= 15 is 0 Å². The zero-order chi connectivity index (χ0) is 17.4. The van der Waals surface area contributed by atoms with Gasteiger partial charge in [0.25, 0.3) is 11.7 Å². The Labute approximate surface area is 149 Å². The van der Waals surface area contributed by atoms with Gasteiger partial charge in [0.15, 0.2) is 0 Å². The molecule has 6 heteroatoms. The Bertz CT molecular complexity index is 828. The molecule has 1 heterocycles. The number of ketones is 1. The first kappa shape index (κ1) is 16.8. The zero-order valence-corrected chi connectivity index (χ0v) is 14.7. The molecule has 24 heavy (non-hydrogen) atoms. The molecule has 0 radical (unpaired) electrons. The molecule has 0 spiro atoms. The highest BCUT2D eigenvalue weighted by atomic mass is 35.5. The number of fused-ring (bicyclic) bond motifs is 1. The summed E-state index contributed by atoms with van der Waals surface area (Å²) in [5.74, 6) is -0.418. The third kappa shape index (κ3) is 2.87. The molecule has 2 aromatic rings. The average Bonchev–Trinajstić information content (AvgIpc) is 2.75. The fourth-order valence-electron chi connectivity index (χ4n) is 2.83. The number of carbonyl (C=O) groups is 2. The molecular weight excluding hydrogens is 349 g/mol. The molecule has 0 saturated carbocycles. The van der Waals surface area contributed by atoms with Gasteiger partial charge in [-0.1, -0.05) is 41.4 Å². The van der Waals surface area contributed by atoms with Crippen molar-refractivity contribution in [2.24, 2.45) is 0 Å². The third-order valence-electron chi connectivity index (χ3n) is 3.95. The second kappa shape index (κ2) is 6.46. The molecule has 0 atom stereocenters. The van der Waals surface area contributed by atoms with Gasteiger partial charge in [-0.2, -0.15) is 0 Å². The van der Waals surface area contributed by atoms with Crippen LogP contribution in [0.1, 0.15) is 21.5 Å². The Morgan fingerprint density at radius 1 is 1.08 bits per heavy atom. The molecule has 0 saturated heterocycles. The summed E-state index contributed by atoms with van der Waals surface area (Å²) in [6.45, 7) is 4.40. The van der Waals surface area contributed by atoms with E-state index in [1.165, 1.54) is 17.0 Å². The Morgan fingerprint density at radius 2 is 1.75 bits per heavy atom. The fourth-order valence-corrected chi connectivity index (χ4v) is 3.43. The molecule has 0 unspecified atom stereocenters.